The van der Waals surface area contributed by atoms with Crippen molar-refractivity contribution in [2.45, 2.75) is 51.1 Å². The maximum absolute atomic E-state index is 12.7. The zero-order chi connectivity index (χ0) is 19.7. The van der Waals surface area contributed by atoms with E-state index in [0.717, 1.165) is 44.3 Å². The van der Waals surface area contributed by atoms with Crippen LogP contribution in [0.3, 0.4) is 0 Å². The van der Waals surface area contributed by atoms with Crippen molar-refractivity contribution in [3.8, 4) is 0 Å². The molecular weight excluding hydrogens is 354 g/mol. The molecule has 3 aliphatic rings. The second-order valence-electron chi connectivity index (χ2n) is 8.42. The molecule has 2 unspecified atom stereocenters. The fourth-order valence-corrected chi connectivity index (χ4v) is 4.34. The van der Waals surface area contributed by atoms with Gasteiger partial charge in [0, 0.05) is 38.0 Å². The molecule has 2 atom stereocenters. The highest BCUT2D eigenvalue weighted by Crippen LogP contribution is 2.32. The van der Waals surface area contributed by atoms with Crippen LogP contribution in [0.15, 0.2) is 30.3 Å². The Labute approximate surface area is 166 Å². The van der Waals surface area contributed by atoms with Crippen LogP contribution in [0, 0.1) is 11.8 Å². The minimum Gasteiger partial charge on any atom is -0.353 e. The predicted molar refractivity (Wildman–Crippen MR) is 105 cm³/mol. The van der Waals surface area contributed by atoms with Gasteiger partial charge in [-0.05, 0) is 38.2 Å². The first-order valence-electron chi connectivity index (χ1n) is 10.5. The molecule has 2 heterocycles. The number of hydrogen-bond acceptors (Lipinski definition) is 3. The van der Waals surface area contributed by atoms with Crippen molar-refractivity contribution in [1.82, 2.24) is 15.1 Å². The van der Waals surface area contributed by atoms with Crippen LogP contribution in [0.1, 0.15) is 50.6 Å². The molecule has 150 valence electrons. The number of nitrogens with zero attached hydrogens (tertiary/aromatic N) is 2. The Morgan fingerprint density at radius 1 is 1.04 bits per heavy atom. The number of rotatable bonds is 5. The van der Waals surface area contributed by atoms with Crippen molar-refractivity contribution in [1.29, 1.82) is 0 Å². The molecule has 1 N–H and O–H groups in total. The standard InChI is InChI=1S/C22H29N3O3/c1-15(16-5-3-2-4-6-16)25-14-18(13-20(25)26)21(27)23-19-9-11-24(12-10-19)22(28)17-7-8-17/h2-6,15,17-19H,7-14H2,1H3,(H,23,27). The third kappa shape index (κ3) is 4.05. The van der Waals surface area contributed by atoms with Crippen LogP contribution < -0.4 is 5.32 Å². The molecule has 4 rings (SSSR count). The molecule has 0 bridgehead atoms. The van der Waals surface area contributed by atoms with Crippen LogP contribution in [-0.4, -0.2) is 53.2 Å². The van der Waals surface area contributed by atoms with Gasteiger partial charge in [-0.2, -0.15) is 0 Å². The first-order valence-corrected chi connectivity index (χ1v) is 10.5. The monoisotopic (exact) mass is 383 g/mol. The SMILES string of the molecule is CC(c1ccccc1)N1CC(C(=O)NC2CCN(C(=O)C3CC3)CC2)CC1=O. The highest BCUT2D eigenvalue weighted by atomic mass is 16.2. The van der Waals surface area contributed by atoms with Crippen LogP contribution in [0.2, 0.25) is 0 Å². The van der Waals surface area contributed by atoms with Crippen molar-refractivity contribution >= 4 is 17.7 Å². The van der Waals surface area contributed by atoms with Crippen LogP contribution >= 0.6 is 0 Å². The highest BCUT2D eigenvalue weighted by Gasteiger charge is 2.39. The minimum atomic E-state index is -0.287. The van der Waals surface area contributed by atoms with E-state index < -0.39 is 0 Å². The quantitative estimate of drug-likeness (QED) is 0.847. The Kier molecular flexibility index (Phi) is 5.38. The van der Waals surface area contributed by atoms with Gasteiger partial charge in [0.15, 0.2) is 0 Å². The number of amides is 3. The minimum absolute atomic E-state index is 0.0248. The summed E-state index contributed by atoms with van der Waals surface area (Å²) in [6, 6.07) is 10.0. The summed E-state index contributed by atoms with van der Waals surface area (Å²) in [4.78, 5) is 41.1. The Balaban J connectivity index is 1.27. The molecule has 1 aromatic rings. The highest BCUT2D eigenvalue weighted by molar-refractivity contribution is 5.89. The van der Waals surface area contributed by atoms with Crippen molar-refractivity contribution in [3.63, 3.8) is 0 Å². The van der Waals surface area contributed by atoms with Gasteiger partial charge >= 0.3 is 0 Å². The molecule has 0 radical (unpaired) electrons. The molecule has 2 saturated heterocycles. The Bertz CT molecular complexity index is 739. The summed E-state index contributed by atoms with van der Waals surface area (Å²) in [5.41, 5.74) is 1.09. The summed E-state index contributed by atoms with van der Waals surface area (Å²) >= 11 is 0. The molecule has 3 amide bonds. The van der Waals surface area contributed by atoms with E-state index in [1.165, 1.54) is 0 Å². The van der Waals surface area contributed by atoms with Crippen LogP contribution in [0.25, 0.3) is 0 Å². The summed E-state index contributed by atoms with van der Waals surface area (Å²) in [7, 11) is 0. The lowest BCUT2D eigenvalue weighted by molar-refractivity contribution is -0.134. The largest absolute Gasteiger partial charge is 0.353 e. The second kappa shape index (κ2) is 7.94. The van der Waals surface area contributed by atoms with Gasteiger partial charge < -0.3 is 15.1 Å². The average Bonchev–Trinajstić information content (AvgIpc) is 3.50. The normalized spacial score (nSPS) is 24.3. The van der Waals surface area contributed by atoms with Crippen molar-refractivity contribution in [2.24, 2.45) is 11.8 Å². The van der Waals surface area contributed by atoms with E-state index >= 15 is 0 Å². The Morgan fingerprint density at radius 3 is 2.36 bits per heavy atom. The number of likely N-dealkylation sites (tertiary alicyclic amines) is 2. The second-order valence-corrected chi connectivity index (χ2v) is 8.42. The predicted octanol–water partition coefficient (Wildman–Crippen LogP) is 2.11. The molecule has 1 aromatic carbocycles. The van der Waals surface area contributed by atoms with Gasteiger partial charge in [0.25, 0.3) is 0 Å². The Hall–Kier alpha value is -2.37. The molecule has 1 aliphatic carbocycles. The molecule has 6 nitrogen and oxygen atoms in total. The lowest BCUT2D eigenvalue weighted by atomic mass is 10.0. The average molecular weight is 383 g/mol. The maximum atomic E-state index is 12.7. The van der Waals surface area contributed by atoms with Gasteiger partial charge in [-0.1, -0.05) is 30.3 Å². The van der Waals surface area contributed by atoms with E-state index in [1.807, 2.05) is 47.1 Å². The van der Waals surface area contributed by atoms with E-state index in [-0.39, 0.29) is 48.1 Å². The zero-order valence-electron chi connectivity index (χ0n) is 16.5. The third-order valence-corrected chi connectivity index (χ3v) is 6.36. The number of piperidine rings is 1. The lowest BCUT2D eigenvalue weighted by Gasteiger charge is -2.33. The lowest BCUT2D eigenvalue weighted by Crippen LogP contribution is -2.48. The fraction of sp³-hybridized carbons (Fsp3) is 0.591. The summed E-state index contributed by atoms with van der Waals surface area (Å²) in [6.45, 7) is 3.93. The van der Waals surface area contributed by atoms with E-state index in [0.29, 0.717) is 6.54 Å². The summed E-state index contributed by atoms with van der Waals surface area (Å²) < 4.78 is 0. The summed E-state index contributed by atoms with van der Waals surface area (Å²) in [5.74, 6) is 0.277. The molecule has 6 heteroatoms. The van der Waals surface area contributed by atoms with Crippen LogP contribution in [-0.2, 0) is 14.4 Å². The molecule has 2 aliphatic heterocycles. The smallest absolute Gasteiger partial charge is 0.225 e. The van der Waals surface area contributed by atoms with Crippen LogP contribution in [0.5, 0.6) is 0 Å². The number of carbonyl (C=O) groups is 3. The van der Waals surface area contributed by atoms with Gasteiger partial charge in [0.1, 0.15) is 0 Å². The Morgan fingerprint density at radius 2 is 1.71 bits per heavy atom. The zero-order valence-corrected chi connectivity index (χ0v) is 16.5. The number of nitrogens with one attached hydrogen (secondary N) is 1. The van der Waals surface area contributed by atoms with Gasteiger partial charge in [-0.15, -0.1) is 0 Å². The van der Waals surface area contributed by atoms with E-state index in [4.69, 9.17) is 0 Å². The van der Waals surface area contributed by atoms with Crippen LogP contribution in [0.4, 0.5) is 0 Å². The van der Waals surface area contributed by atoms with Gasteiger partial charge in [0.2, 0.25) is 17.7 Å². The van der Waals surface area contributed by atoms with E-state index in [1.54, 1.807) is 0 Å². The maximum Gasteiger partial charge on any atom is 0.225 e. The van der Waals surface area contributed by atoms with Crippen molar-refractivity contribution in [3.05, 3.63) is 35.9 Å². The fourth-order valence-electron chi connectivity index (χ4n) is 4.34. The first kappa shape index (κ1) is 19.0. The van der Waals surface area contributed by atoms with E-state index in [2.05, 4.69) is 5.32 Å². The molecular formula is C22H29N3O3. The molecule has 1 saturated carbocycles. The van der Waals surface area contributed by atoms with Gasteiger partial charge in [-0.25, -0.2) is 0 Å². The molecule has 28 heavy (non-hydrogen) atoms. The van der Waals surface area contributed by atoms with Gasteiger partial charge in [0.05, 0.1) is 12.0 Å². The first-order chi connectivity index (χ1) is 13.5. The molecule has 0 aromatic heterocycles. The topological polar surface area (TPSA) is 69.7 Å². The van der Waals surface area contributed by atoms with Crippen molar-refractivity contribution < 1.29 is 14.4 Å². The van der Waals surface area contributed by atoms with Gasteiger partial charge in [-0.3, -0.25) is 14.4 Å². The number of hydrogen-bond donors (Lipinski definition) is 1. The third-order valence-electron chi connectivity index (χ3n) is 6.36. The van der Waals surface area contributed by atoms with Crippen molar-refractivity contribution in [2.75, 3.05) is 19.6 Å². The summed E-state index contributed by atoms with van der Waals surface area (Å²) in [5, 5.41) is 3.13. The number of benzene rings is 1. The summed E-state index contributed by atoms with van der Waals surface area (Å²) in [6.07, 6.45) is 3.94. The van der Waals surface area contributed by atoms with E-state index in [9.17, 15) is 14.4 Å². The molecule has 0 spiro atoms. The number of carbonyl (C=O) groups excluding carboxylic acids is 3. The molecule has 3 fully saturated rings.